The van der Waals surface area contributed by atoms with E-state index in [-0.39, 0.29) is 11.9 Å². The number of rotatable bonds is 6. The summed E-state index contributed by atoms with van der Waals surface area (Å²) in [4.78, 5) is 16.3. The highest BCUT2D eigenvalue weighted by atomic mass is 32.2. The molecule has 2 rings (SSSR count). The van der Waals surface area contributed by atoms with Crippen LogP contribution in [-0.2, 0) is 9.53 Å². The minimum Gasteiger partial charge on any atom is -0.385 e. The summed E-state index contributed by atoms with van der Waals surface area (Å²) in [7, 11) is 1.70. The van der Waals surface area contributed by atoms with Gasteiger partial charge < -0.3 is 15.4 Å². The van der Waals surface area contributed by atoms with Gasteiger partial charge in [0.05, 0.1) is 6.04 Å². The van der Waals surface area contributed by atoms with Crippen LogP contribution < -0.4 is 10.6 Å². The molecule has 1 fully saturated rings. The second-order valence-corrected chi connectivity index (χ2v) is 5.84. The van der Waals surface area contributed by atoms with E-state index < -0.39 is 0 Å². The van der Waals surface area contributed by atoms with E-state index in [9.17, 15) is 4.79 Å². The molecule has 1 heterocycles. The zero-order valence-electron chi connectivity index (χ0n) is 10.9. The molecular formula is C12H21N3O2S. The first kappa shape index (κ1) is 13.7. The number of carbonyl (C=O) groups is 1. The van der Waals surface area contributed by atoms with E-state index in [1.807, 2.05) is 6.92 Å². The second-order valence-electron chi connectivity index (χ2n) is 4.83. The third-order valence-corrected chi connectivity index (χ3v) is 4.07. The molecule has 0 spiro atoms. The molecule has 2 unspecified atom stereocenters. The number of thioether (sulfide) groups is 1. The largest absolute Gasteiger partial charge is 0.385 e. The molecule has 0 bridgehead atoms. The minimum atomic E-state index is -0.210. The highest BCUT2D eigenvalue weighted by Crippen LogP contribution is 2.20. The Balaban J connectivity index is 1.72. The van der Waals surface area contributed by atoms with Crippen molar-refractivity contribution in [3.63, 3.8) is 0 Å². The predicted octanol–water partition coefficient (Wildman–Crippen LogP) is 0.751. The van der Waals surface area contributed by atoms with Crippen molar-refractivity contribution < 1.29 is 9.53 Å². The standard InChI is InChI=1S/C12H21N3O2S/c1-8(11(16)14-9-3-4-9)13-12-15-10(7-18-12)5-6-17-2/h8-10H,3-7H2,1-2H3,(H,13,15)(H,14,16). The number of nitrogens with zero attached hydrogens (tertiary/aromatic N) is 1. The Morgan fingerprint density at radius 2 is 2.39 bits per heavy atom. The second kappa shape index (κ2) is 6.43. The highest BCUT2D eigenvalue weighted by Gasteiger charge is 2.27. The normalized spacial score (nSPS) is 24.6. The monoisotopic (exact) mass is 271 g/mol. The van der Waals surface area contributed by atoms with Gasteiger partial charge in [-0.05, 0) is 26.2 Å². The maximum atomic E-state index is 11.8. The molecule has 1 aliphatic carbocycles. The molecule has 18 heavy (non-hydrogen) atoms. The van der Waals surface area contributed by atoms with Gasteiger partial charge >= 0.3 is 0 Å². The molecule has 2 N–H and O–H groups in total. The van der Waals surface area contributed by atoms with Crippen molar-refractivity contribution in [3.05, 3.63) is 0 Å². The van der Waals surface area contributed by atoms with E-state index in [0.29, 0.717) is 12.1 Å². The number of methoxy groups -OCH3 is 1. The number of hydrogen-bond donors (Lipinski definition) is 2. The molecule has 1 amide bonds. The molecule has 1 saturated carbocycles. The lowest BCUT2D eigenvalue weighted by Gasteiger charge is -2.14. The lowest BCUT2D eigenvalue weighted by atomic mass is 10.2. The summed E-state index contributed by atoms with van der Waals surface area (Å²) >= 11 is 1.68. The van der Waals surface area contributed by atoms with Crippen LogP contribution in [0.4, 0.5) is 0 Å². The quantitative estimate of drug-likeness (QED) is 0.748. The summed E-state index contributed by atoms with van der Waals surface area (Å²) < 4.78 is 5.05. The van der Waals surface area contributed by atoms with Gasteiger partial charge in [-0.15, -0.1) is 0 Å². The van der Waals surface area contributed by atoms with Crippen molar-refractivity contribution in [1.82, 2.24) is 10.6 Å². The fourth-order valence-electron chi connectivity index (χ4n) is 1.70. The topological polar surface area (TPSA) is 62.7 Å². The van der Waals surface area contributed by atoms with Crippen LogP contribution in [0.2, 0.25) is 0 Å². The maximum Gasteiger partial charge on any atom is 0.242 e. The lowest BCUT2D eigenvalue weighted by molar-refractivity contribution is -0.122. The van der Waals surface area contributed by atoms with Crippen molar-refractivity contribution in [1.29, 1.82) is 0 Å². The molecule has 6 heteroatoms. The zero-order chi connectivity index (χ0) is 13.0. The van der Waals surface area contributed by atoms with Gasteiger partial charge in [0, 0.05) is 25.5 Å². The highest BCUT2D eigenvalue weighted by molar-refractivity contribution is 8.14. The van der Waals surface area contributed by atoms with Crippen LogP contribution in [-0.4, -0.2) is 48.7 Å². The van der Waals surface area contributed by atoms with Gasteiger partial charge in [-0.3, -0.25) is 9.79 Å². The van der Waals surface area contributed by atoms with Crippen LogP contribution in [0.1, 0.15) is 26.2 Å². The SMILES string of the molecule is COCCC1CSC(NC(C)C(=O)NC2CC2)=N1. The first-order chi connectivity index (χ1) is 8.69. The van der Waals surface area contributed by atoms with Crippen molar-refractivity contribution in [3.8, 4) is 0 Å². The summed E-state index contributed by atoms with van der Waals surface area (Å²) in [5, 5.41) is 7.05. The van der Waals surface area contributed by atoms with Gasteiger partial charge in [0.2, 0.25) is 5.91 Å². The number of hydrogen-bond acceptors (Lipinski definition) is 5. The van der Waals surface area contributed by atoms with Crippen molar-refractivity contribution in [2.24, 2.45) is 4.99 Å². The predicted molar refractivity (Wildman–Crippen MR) is 73.9 cm³/mol. The molecule has 5 nitrogen and oxygen atoms in total. The molecule has 0 radical (unpaired) electrons. The molecule has 0 aromatic carbocycles. The fraction of sp³-hybridized carbons (Fsp3) is 0.833. The van der Waals surface area contributed by atoms with E-state index >= 15 is 0 Å². The summed E-state index contributed by atoms with van der Waals surface area (Å²) in [6, 6.07) is 0.517. The van der Waals surface area contributed by atoms with Gasteiger partial charge in [-0.2, -0.15) is 0 Å². The summed E-state index contributed by atoms with van der Waals surface area (Å²) in [5.41, 5.74) is 0. The summed E-state index contributed by atoms with van der Waals surface area (Å²) in [5.74, 6) is 1.05. The van der Waals surface area contributed by atoms with E-state index in [0.717, 1.165) is 36.8 Å². The molecule has 0 saturated heterocycles. The Morgan fingerprint density at radius 1 is 1.61 bits per heavy atom. The third-order valence-electron chi connectivity index (χ3n) is 3.02. The van der Waals surface area contributed by atoms with Gasteiger partial charge in [0.15, 0.2) is 5.17 Å². The molecule has 0 aromatic heterocycles. The molecule has 2 atom stereocenters. The van der Waals surface area contributed by atoms with Gasteiger partial charge in [0.1, 0.15) is 6.04 Å². The first-order valence-electron chi connectivity index (χ1n) is 6.45. The fourth-order valence-corrected chi connectivity index (χ4v) is 2.78. The number of ether oxygens (including phenoxy) is 1. The Kier molecular flexibility index (Phi) is 4.88. The van der Waals surface area contributed by atoms with Crippen molar-refractivity contribution >= 4 is 22.8 Å². The minimum absolute atomic E-state index is 0.0705. The van der Waals surface area contributed by atoms with Crippen LogP contribution in [0, 0.1) is 0 Å². The number of carbonyl (C=O) groups excluding carboxylic acids is 1. The molecular weight excluding hydrogens is 250 g/mol. The number of nitrogens with one attached hydrogen (secondary N) is 2. The lowest BCUT2D eigenvalue weighted by Crippen LogP contribution is -2.44. The smallest absolute Gasteiger partial charge is 0.242 e. The van der Waals surface area contributed by atoms with Gasteiger partial charge in [0.25, 0.3) is 0 Å². The van der Waals surface area contributed by atoms with Crippen LogP contribution in [0.15, 0.2) is 4.99 Å². The first-order valence-corrected chi connectivity index (χ1v) is 7.44. The van der Waals surface area contributed by atoms with E-state index in [1.54, 1.807) is 18.9 Å². The Labute approximate surface area is 112 Å². The Morgan fingerprint density at radius 3 is 3.06 bits per heavy atom. The van der Waals surface area contributed by atoms with Gasteiger partial charge in [-0.25, -0.2) is 0 Å². The molecule has 1 aliphatic heterocycles. The molecule has 0 aromatic rings. The Hall–Kier alpha value is -0.750. The molecule has 2 aliphatic rings. The number of aliphatic imine (C=N–C) groups is 1. The third kappa shape index (κ3) is 4.17. The van der Waals surface area contributed by atoms with Gasteiger partial charge in [-0.1, -0.05) is 11.8 Å². The summed E-state index contributed by atoms with van der Waals surface area (Å²) in [6.07, 6.45) is 3.18. The van der Waals surface area contributed by atoms with E-state index in [4.69, 9.17) is 4.74 Å². The van der Waals surface area contributed by atoms with Crippen LogP contribution in [0.5, 0.6) is 0 Å². The van der Waals surface area contributed by atoms with Crippen molar-refractivity contribution in [2.75, 3.05) is 19.5 Å². The van der Waals surface area contributed by atoms with E-state index in [2.05, 4.69) is 15.6 Å². The number of amides is 1. The average molecular weight is 271 g/mol. The van der Waals surface area contributed by atoms with E-state index in [1.165, 1.54) is 0 Å². The van der Waals surface area contributed by atoms with Crippen molar-refractivity contribution in [2.45, 2.75) is 44.3 Å². The molecule has 102 valence electrons. The maximum absolute atomic E-state index is 11.8. The van der Waals surface area contributed by atoms with Crippen LogP contribution >= 0.6 is 11.8 Å². The Bertz CT molecular complexity index is 331. The zero-order valence-corrected chi connectivity index (χ0v) is 11.8. The average Bonchev–Trinajstić information content (AvgIpc) is 3.05. The van der Waals surface area contributed by atoms with Crippen LogP contribution in [0.3, 0.4) is 0 Å². The van der Waals surface area contributed by atoms with Crippen LogP contribution in [0.25, 0.3) is 0 Å². The summed E-state index contributed by atoms with van der Waals surface area (Å²) in [6.45, 7) is 2.61. The number of amidine groups is 1.